The number of hydrogen-bond donors (Lipinski definition) is 1. The maximum absolute atomic E-state index is 13.5. The molecule has 1 aliphatic heterocycles. The van der Waals surface area contributed by atoms with Gasteiger partial charge in [-0.2, -0.15) is 0 Å². The van der Waals surface area contributed by atoms with Crippen LogP contribution in [-0.4, -0.2) is 36.5 Å². The van der Waals surface area contributed by atoms with E-state index in [1.807, 2.05) is 37.3 Å². The maximum Gasteiger partial charge on any atom is 0.336 e. The zero-order chi connectivity index (χ0) is 24.9. The fraction of sp³-hybridized carbons (Fsp3) is 0.333. The Kier molecular flexibility index (Phi) is 7.41. The lowest BCUT2D eigenvalue weighted by Crippen LogP contribution is -2.36. The van der Waals surface area contributed by atoms with Gasteiger partial charge >= 0.3 is 5.97 Å². The Bertz CT molecular complexity index is 1180. The Morgan fingerprint density at radius 2 is 1.77 bits per heavy atom. The number of carbonyl (C=O) groups is 2. The number of rotatable bonds is 8. The van der Waals surface area contributed by atoms with Crippen LogP contribution in [0.3, 0.4) is 0 Å². The highest BCUT2D eigenvalue weighted by Crippen LogP contribution is 2.45. The summed E-state index contributed by atoms with van der Waals surface area (Å²) in [6.07, 6.45) is 0.943. The summed E-state index contributed by atoms with van der Waals surface area (Å²) in [6, 6.07) is 15.9. The van der Waals surface area contributed by atoms with Crippen LogP contribution in [0.25, 0.3) is 0 Å². The van der Waals surface area contributed by atoms with Crippen molar-refractivity contribution in [1.29, 1.82) is 0 Å². The van der Waals surface area contributed by atoms with Crippen molar-refractivity contribution in [1.82, 2.24) is 5.32 Å². The van der Waals surface area contributed by atoms with Gasteiger partial charge in [0, 0.05) is 48.0 Å². The number of ether oxygens (including phenoxy) is 2. The van der Waals surface area contributed by atoms with Crippen molar-refractivity contribution in [3.63, 3.8) is 0 Å². The number of carbonyl (C=O) groups excluding carboxylic acids is 2. The molecule has 35 heavy (non-hydrogen) atoms. The van der Waals surface area contributed by atoms with E-state index in [1.54, 1.807) is 19.1 Å². The van der Waals surface area contributed by atoms with Gasteiger partial charge in [-0.3, -0.25) is 14.9 Å². The molecule has 2 atom stereocenters. The van der Waals surface area contributed by atoms with Gasteiger partial charge in [0.2, 0.25) is 0 Å². The first-order chi connectivity index (χ1) is 16.9. The third-order valence-corrected chi connectivity index (χ3v) is 6.42. The average molecular weight is 477 g/mol. The Morgan fingerprint density at radius 1 is 1.06 bits per heavy atom. The van der Waals surface area contributed by atoms with Crippen LogP contribution >= 0.6 is 0 Å². The van der Waals surface area contributed by atoms with Gasteiger partial charge < -0.3 is 14.8 Å². The van der Waals surface area contributed by atoms with Gasteiger partial charge in [-0.05, 0) is 37.3 Å². The second kappa shape index (κ2) is 10.7. The molecule has 2 aromatic carbocycles. The molecule has 0 spiro atoms. The molecule has 0 fully saturated rings. The lowest BCUT2D eigenvalue weighted by Gasteiger charge is -2.36. The number of non-ortho nitro benzene ring substituents is 1. The predicted molar refractivity (Wildman–Crippen MR) is 130 cm³/mol. The molecule has 0 amide bonds. The van der Waals surface area contributed by atoms with Crippen LogP contribution in [0.1, 0.15) is 49.7 Å². The third kappa shape index (κ3) is 5.17. The normalized spacial score (nSPS) is 19.8. The van der Waals surface area contributed by atoms with Crippen LogP contribution in [-0.2, 0) is 19.1 Å². The van der Waals surface area contributed by atoms with E-state index in [1.165, 1.54) is 12.1 Å². The van der Waals surface area contributed by atoms with E-state index in [4.69, 9.17) is 9.47 Å². The van der Waals surface area contributed by atoms with E-state index in [2.05, 4.69) is 5.32 Å². The summed E-state index contributed by atoms with van der Waals surface area (Å²) >= 11 is 0. The van der Waals surface area contributed by atoms with Crippen molar-refractivity contribution >= 4 is 17.4 Å². The summed E-state index contributed by atoms with van der Waals surface area (Å²) in [6.45, 7) is 4.52. The van der Waals surface area contributed by atoms with E-state index in [9.17, 15) is 19.7 Å². The number of dihydropyridines is 1. The van der Waals surface area contributed by atoms with Gasteiger partial charge in [-0.25, -0.2) is 4.79 Å². The number of esters is 1. The highest BCUT2D eigenvalue weighted by Gasteiger charge is 2.41. The van der Waals surface area contributed by atoms with Crippen molar-refractivity contribution in [2.75, 3.05) is 19.8 Å². The van der Waals surface area contributed by atoms with Crippen LogP contribution in [0, 0.1) is 10.1 Å². The van der Waals surface area contributed by atoms with Crippen molar-refractivity contribution in [2.45, 2.75) is 38.5 Å². The molecule has 0 aromatic heterocycles. The van der Waals surface area contributed by atoms with Crippen LogP contribution < -0.4 is 5.32 Å². The Hall–Kier alpha value is -3.78. The van der Waals surface area contributed by atoms with E-state index in [-0.39, 0.29) is 30.6 Å². The van der Waals surface area contributed by atoms with Crippen LogP contribution in [0.15, 0.2) is 77.1 Å². The molecule has 1 aliphatic carbocycles. The summed E-state index contributed by atoms with van der Waals surface area (Å²) in [5, 5.41) is 14.5. The molecular formula is C27H28N2O6. The summed E-state index contributed by atoms with van der Waals surface area (Å²) in [5.41, 5.74) is 3.90. The first-order valence-corrected chi connectivity index (χ1v) is 11.7. The number of nitro benzene ring substituents is 1. The summed E-state index contributed by atoms with van der Waals surface area (Å²) in [7, 11) is 0. The molecule has 4 rings (SSSR count). The first-order valence-electron chi connectivity index (χ1n) is 11.7. The average Bonchev–Trinajstić information content (AvgIpc) is 2.86. The quantitative estimate of drug-likeness (QED) is 0.258. The molecule has 2 aromatic rings. The topological polar surface area (TPSA) is 108 Å². The molecular weight excluding hydrogens is 448 g/mol. The van der Waals surface area contributed by atoms with Gasteiger partial charge in [0.25, 0.3) is 5.69 Å². The van der Waals surface area contributed by atoms with Gasteiger partial charge in [0.15, 0.2) is 5.78 Å². The Balaban J connectivity index is 1.72. The SMILES string of the molecule is CCOCCOC(=O)C1=C(C)NC2=C(C(=O)C[C@H](c3ccccc3)C2)[C@@H]1c1ccc([N+](=O)[O-])cc1. The fourth-order valence-corrected chi connectivity index (χ4v) is 4.81. The lowest BCUT2D eigenvalue weighted by atomic mass is 9.71. The second-order valence-electron chi connectivity index (χ2n) is 8.61. The molecule has 0 radical (unpaired) electrons. The molecule has 8 heteroatoms. The zero-order valence-corrected chi connectivity index (χ0v) is 19.8. The molecule has 8 nitrogen and oxygen atoms in total. The minimum absolute atomic E-state index is 0.0277. The highest BCUT2D eigenvalue weighted by molar-refractivity contribution is 6.04. The minimum atomic E-state index is -0.670. The number of nitro groups is 1. The molecule has 2 aliphatic rings. The van der Waals surface area contributed by atoms with Crippen molar-refractivity contribution in [2.24, 2.45) is 0 Å². The van der Waals surface area contributed by atoms with Crippen LogP contribution in [0.5, 0.6) is 0 Å². The van der Waals surface area contributed by atoms with Crippen molar-refractivity contribution < 1.29 is 24.0 Å². The van der Waals surface area contributed by atoms with Crippen molar-refractivity contribution in [3.8, 4) is 0 Å². The summed E-state index contributed by atoms with van der Waals surface area (Å²) in [5.74, 6) is -1.23. The standard InChI is InChI=1S/C27H28N2O6/c1-3-34-13-14-35-27(31)24-17(2)28-22-15-20(18-7-5-4-6-8-18)16-23(30)26(22)25(24)19-9-11-21(12-10-19)29(32)33/h4-12,20,25,28H,3,13-16H2,1-2H3/t20-,25-/m1/s1. The monoisotopic (exact) mass is 476 g/mol. The van der Waals surface area contributed by atoms with Crippen LogP contribution in [0.2, 0.25) is 0 Å². The minimum Gasteiger partial charge on any atom is -0.460 e. The number of hydrogen-bond acceptors (Lipinski definition) is 7. The number of nitrogens with one attached hydrogen (secondary N) is 1. The zero-order valence-electron chi connectivity index (χ0n) is 19.8. The van der Waals surface area contributed by atoms with E-state index >= 15 is 0 Å². The van der Waals surface area contributed by atoms with Gasteiger partial charge in [-0.1, -0.05) is 42.5 Å². The molecule has 0 bridgehead atoms. The molecule has 0 saturated carbocycles. The molecule has 0 unspecified atom stereocenters. The largest absolute Gasteiger partial charge is 0.460 e. The maximum atomic E-state index is 13.5. The van der Waals surface area contributed by atoms with Gasteiger partial charge in [-0.15, -0.1) is 0 Å². The molecule has 1 N–H and O–H groups in total. The molecule has 182 valence electrons. The number of allylic oxidation sites excluding steroid dienone is 3. The second-order valence-corrected chi connectivity index (χ2v) is 8.61. The molecule has 1 heterocycles. The van der Waals surface area contributed by atoms with E-state index < -0.39 is 16.8 Å². The fourth-order valence-electron chi connectivity index (χ4n) is 4.81. The summed E-state index contributed by atoms with van der Waals surface area (Å²) in [4.78, 5) is 37.4. The van der Waals surface area contributed by atoms with Crippen LogP contribution in [0.4, 0.5) is 5.69 Å². The molecule has 0 saturated heterocycles. The number of ketones is 1. The number of benzene rings is 2. The lowest BCUT2D eigenvalue weighted by molar-refractivity contribution is -0.384. The predicted octanol–water partition coefficient (Wildman–Crippen LogP) is 4.54. The van der Waals surface area contributed by atoms with Crippen molar-refractivity contribution in [3.05, 3.63) is 98.4 Å². The third-order valence-electron chi connectivity index (χ3n) is 6.42. The van der Waals surface area contributed by atoms with E-state index in [0.717, 1.165) is 11.3 Å². The Morgan fingerprint density at radius 3 is 2.43 bits per heavy atom. The highest BCUT2D eigenvalue weighted by atomic mass is 16.6. The smallest absolute Gasteiger partial charge is 0.336 e. The van der Waals surface area contributed by atoms with E-state index in [0.29, 0.717) is 41.9 Å². The van der Waals surface area contributed by atoms with Gasteiger partial charge in [0.05, 0.1) is 17.1 Å². The van der Waals surface area contributed by atoms with Gasteiger partial charge in [0.1, 0.15) is 6.61 Å². The Labute approximate surface area is 203 Å². The number of Topliss-reactive ketones (excluding diaryl/α,β-unsaturated/α-hetero) is 1. The first kappa shape index (κ1) is 24.3. The summed E-state index contributed by atoms with van der Waals surface area (Å²) < 4.78 is 10.7. The number of nitrogens with zero attached hydrogens (tertiary/aromatic N) is 1.